The minimum absolute atomic E-state index is 0. The molecule has 0 aliphatic carbocycles. The zero-order chi connectivity index (χ0) is 12.4. The first kappa shape index (κ1) is 20.4. The van der Waals surface area contributed by atoms with Crippen molar-refractivity contribution < 1.29 is 9.90 Å². The van der Waals surface area contributed by atoms with Crippen LogP contribution in [0.1, 0.15) is 52.9 Å². The normalized spacial score (nSPS) is 11.0. The summed E-state index contributed by atoms with van der Waals surface area (Å²) in [4.78, 5) is 10.3. The average Bonchev–Trinajstić information content (AvgIpc) is 2.29. The molecule has 0 aliphatic rings. The van der Waals surface area contributed by atoms with E-state index in [-0.39, 0.29) is 23.9 Å². The van der Waals surface area contributed by atoms with Crippen LogP contribution in [0, 0.1) is 0 Å². The quantitative estimate of drug-likeness (QED) is 0.396. The topological polar surface area (TPSA) is 37.3 Å². The number of rotatable bonds is 10. The van der Waals surface area contributed by atoms with E-state index in [1.54, 1.807) is 0 Å². The molecule has 0 aromatic carbocycles. The van der Waals surface area contributed by atoms with Gasteiger partial charge in [-0.1, -0.05) is 0 Å². The summed E-state index contributed by atoms with van der Waals surface area (Å²) in [5, 5.41) is 8.52. The summed E-state index contributed by atoms with van der Waals surface area (Å²) in [7, 11) is 0. The van der Waals surface area contributed by atoms with Crippen LogP contribution >= 0.6 is 0 Å². The third-order valence-corrected chi connectivity index (χ3v) is 18.9. The van der Waals surface area contributed by atoms with Gasteiger partial charge < -0.3 is 0 Å². The smallest absolute Gasteiger partial charge is 0 e. The van der Waals surface area contributed by atoms with Gasteiger partial charge in [-0.05, 0) is 0 Å². The molecule has 2 nitrogen and oxygen atoms in total. The molecule has 0 atom stereocenters. The number of carboxylic acid groups (broad SMARTS) is 1. The zero-order valence-corrected chi connectivity index (χ0v) is 17.1. The molecule has 5 radical (unpaired) electrons. The second-order valence-electron chi connectivity index (χ2n) is 4.57. The SMILES string of the molecule is C[CH2][Sb]([CH2]C)([CH2]C)[CH2]CCCCCC(=O)O.[Sn]. The fourth-order valence-corrected chi connectivity index (χ4v) is 11.3. The summed E-state index contributed by atoms with van der Waals surface area (Å²) < 4.78 is 5.93. The second kappa shape index (κ2) is 12.1. The van der Waals surface area contributed by atoms with E-state index in [0.29, 0.717) is 6.42 Å². The summed E-state index contributed by atoms with van der Waals surface area (Å²) in [6, 6.07) is 0. The van der Waals surface area contributed by atoms with Crippen LogP contribution in [0.2, 0.25) is 17.5 Å². The first-order valence-corrected chi connectivity index (χ1v) is 13.9. The molecule has 0 aliphatic heterocycles. The van der Waals surface area contributed by atoms with Gasteiger partial charge in [0.1, 0.15) is 0 Å². The summed E-state index contributed by atoms with van der Waals surface area (Å²) in [6.45, 7) is 7.13. The van der Waals surface area contributed by atoms with E-state index in [4.69, 9.17) is 5.11 Å². The van der Waals surface area contributed by atoms with Crippen LogP contribution in [0.3, 0.4) is 0 Å². The van der Waals surface area contributed by atoms with E-state index in [1.807, 2.05) is 0 Å². The predicted molar refractivity (Wildman–Crippen MR) is 78.5 cm³/mol. The summed E-state index contributed by atoms with van der Waals surface area (Å²) in [6.07, 6.45) is 4.90. The molecule has 0 saturated heterocycles. The van der Waals surface area contributed by atoms with Gasteiger partial charge in [0.05, 0.1) is 0 Å². The van der Waals surface area contributed by atoms with Crippen molar-refractivity contribution in [2.75, 3.05) is 0 Å². The first-order chi connectivity index (χ1) is 7.60. The van der Waals surface area contributed by atoms with Crippen LogP contribution in [0.5, 0.6) is 0 Å². The van der Waals surface area contributed by atoms with E-state index >= 15 is 0 Å². The van der Waals surface area contributed by atoms with Gasteiger partial charge in [0.15, 0.2) is 0 Å². The van der Waals surface area contributed by atoms with Gasteiger partial charge in [-0.3, -0.25) is 0 Å². The van der Waals surface area contributed by atoms with Crippen LogP contribution in [0.15, 0.2) is 0 Å². The van der Waals surface area contributed by atoms with E-state index in [0.717, 1.165) is 12.8 Å². The largest absolute Gasteiger partial charge is 0 e. The number of carboxylic acids is 1. The molecule has 0 heterocycles. The fourth-order valence-electron chi connectivity index (χ4n) is 2.22. The molecule has 0 unspecified atom stereocenters. The Kier molecular flexibility index (Phi) is 14.6. The summed E-state index contributed by atoms with van der Waals surface area (Å²) in [5.41, 5.74) is 0. The van der Waals surface area contributed by atoms with Crippen LogP contribution in [-0.4, -0.2) is 53.8 Å². The van der Waals surface area contributed by atoms with Gasteiger partial charge in [-0.25, -0.2) is 0 Å². The molecule has 0 aromatic rings. The van der Waals surface area contributed by atoms with Gasteiger partial charge in [-0.15, -0.1) is 0 Å². The Morgan fingerprint density at radius 2 is 1.41 bits per heavy atom. The zero-order valence-electron chi connectivity index (χ0n) is 11.7. The fraction of sp³-hybridized carbons (Fsp3) is 0.923. The molecule has 1 N–H and O–H groups in total. The van der Waals surface area contributed by atoms with Crippen molar-refractivity contribution in [3.63, 3.8) is 0 Å². The van der Waals surface area contributed by atoms with E-state index in [2.05, 4.69) is 20.8 Å². The van der Waals surface area contributed by atoms with Crippen LogP contribution in [0.25, 0.3) is 0 Å². The van der Waals surface area contributed by atoms with Crippen molar-refractivity contribution in [1.82, 2.24) is 0 Å². The predicted octanol–water partition coefficient (Wildman–Crippen LogP) is 4.15. The maximum atomic E-state index is 10.3. The van der Waals surface area contributed by atoms with Crippen LogP contribution in [0.4, 0.5) is 0 Å². The molecule has 101 valence electrons. The molecular weight excluding hydrogens is 429 g/mol. The van der Waals surface area contributed by atoms with Gasteiger partial charge in [0, 0.05) is 23.9 Å². The molecule has 0 saturated carbocycles. The van der Waals surface area contributed by atoms with E-state index < -0.39 is 24.8 Å². The Labute approximate surface area is 128 Å². The van der Waals surface area contributed by atoms with Crippen molar-refractivity contribution in [2.24, 2.45) is 0 Å². The molecule has 4 heteroatoms. The van der Waals surface area contributed by atoms with Gasteiger partial charge >= 0.3 is 105 Å². The molecule has 0 rings (SSSR count). The molecule has 0 aromatic heterocycles. The average molecular weight is 457 g/mol. The third-order valence-electron chi connectivity index (χ3n) is 3.79. The standard InChI is InChI=1S/C7H13O2.3C2H5.Sb.Sn/c1-2-3-4-5-6-7(8)9;3*1-2;;/h1-6H2,(H,8,9);3*1H2,2H3;;. The molecular formula is C13H28O2SbSn. The molecule has 0 fully saturated rings. The molecule has 0 spiro atoms. The Morgan fingerprint density at radius 3 is 1.82 bits per heavy atom. The first-order valence-electron chi connectivity index (χ1n) is 6.67. The van der Waals surface area contributed by atoms with Gasteiger partial charge in [0.2, 0.25) is 0 Å². The van der Waals surface area contributed by atoms with Crippen molar-refractivity contribution in [3.05, 3.63) is 0 Å². The number of unbranched alkanes of at least 4 members (excludes halogenated alkanes) is 3. The van der Waals surface area contributed by atoms with E-state index in [9.17, 15) is 4.79 Å². The maximum Gasteiger partial charge on any atom is 0 e. The monoisotopic (exact) mass is 457 g/mol. The Morgan fingerprint density at radius 1 is 0.941 bits per heavy atom. The van der Waals surface area contributed by atoms with Gasteiger partial charge in [0.25, 0.3) is 0 Å². The number of hydrogen-bond acceptors (Lipinski definition) is 1. The molecule has 0 amide bonds. The number of hydrogen-bond donors (Lipinski definition) is 1. The van der Waals surface area contributed by atoms with Crippen molar-refractivity contribution in [1.29, 1.82) is 0 Å². The van der Waals surface area contributed by atoms with Crippen molar-refractivity contribution >= 4 is 48.7 Å². The second-order valence-corrected chi connectivity index (χ2v) is 18.9. The van der Waals surface area contributed by atoms with E-state index in [1.165, 1.54) is 30.3 Å². The minimum Gasteiger partial charge on any atom is 0 e. The summed E-state index contributed by atoms with van der Waals surface area (Å²) in [5.74, 6) is -0.650. The van der Waals surface area contributed by atoms with Gasteiger partial charge in [-0.2, -0.15) is 0 Å². The van der Waals surface area contributed by atoms with Crippen LogP contribution < -0.4 is 0 Å². The Bertz CT molecular complexity index is 186. The van der Waals surface area contributed by atoms with Crippen molar-refractivity contribution in [3.8, 4) is 0 Å². The number of carbonyl (C=O) groups is 1. The maximum absolute atomic E-state index is 10.3. The Balaban J connectivity index is 0. The number of aliphatic carboxylic acids is 1. The molecule has 0 bridgehead atoms. The summed E-state index contributed by atoms with van der Waals surface area (Å²) >= 11 is -1.56. The molecule has 17 heavy (non-hydrogen) atoms. The third kappa shape index (κ3) is 9.64. The van der Waals surface area contributed by atoms with Crippen molar-refractivity contribution in [2.45, 2.75) is 70.3 Å². The minimum atomic E-state index is -1.56. The Hall–Kier alpha value is 1.09. The van der Waals surface area contributed by atoms with Crippen LogP contribution in [-0.2, 0) is 4.79 Å².